The van der Waals surface area contributed by atoms with Crippen molar-refractivity contribution in [3.05, 3.63) is 64.7 Å². The van der Waals surface area contributed by atoms with E-state index in [1.165, 1.54) is 0 Å². The van der Waals surface area contributed by atoms with E-state index in [4.69, 9.17) is 16.3 Å². The summed E-state index contributed by atoms with van der Waals surface area (Å²) in [5.41, 5.74) is 1.97. The van der Waals surface area contributed by atoms with Gasteiger partial charge in [0.1, 0.15) is 5.75 Å². The van der Waals surface area contributed by atoms with Gasteiger partial charge in [-0.3, -0.25) is 4.79 Å². The molecule has 1 heterocycles. The number of nitrogens with zero attached hydrogens (tertiary/aromatic N) is 1. The molecule has 2 unspecified atom stereocenters. The van der Waals surface area contributed by atoms with E-state index < -0.39 is 12.2 Å². The molecule has 1 aliphatic rings. The van der Waals surface area contributed by atoms with Crippen LogP contribution in [0.15, 0.2) is 48.5 Å². The first kappa shape index (κ1) is 19.7. The van der Waals surface area contributed by atoms with Gasteiger partial charge in [-0.1, -0.05) is 48.0 Å². The fourth-order valence-electron chi connectivity index (χ4n) is 3.56. The first-order valence-electron chi connectivity index (χ1n) is 9.40. The van der Waals surface area contributed by atoms with Crippen molar-refractivity contribution in [3.63, 3.8) is 0 Å². The lowest BCUT2D eigenvalue weighted by atomic mass is 9.87. The normalized spacial score (nSPS) is 17.4. The lowest BCUT2D eigenvalue weighted by Gasteiger charge is -2.35. The number of piperidine rings is 1. The molecular formula is C22H26ClNO3. The van der Waals surface area contributed by atoms with E-state index in [0.29, 0.717) is 23.9 Å². The first-order chi connectivity index (χ1) is 13.0. The van der Waals surface area contributed by atoms with Crippen LogP contribution in [0.4, 0.5) is 0 Å². The van der Waals surface area contributed by atoms with Crippen LogP contribution < -0.4 is 4.74 Å². The molecule has 1 N–H and O–H groups in total. The fourth-order valence-corrected chi connectivity index (χ4v) is 3.72. The van der Waals surface area contributed by atoms with Gasteiger partial charge < -0.3 is 14.7 Å². The number of hydrogen-bond donors (Lipinski definition) is 1. The third-order valence-corrected chi connectivity index (χ3v) is 5.49. The van der Waals surface area contributed by atoms with Crippen molar-refractivity contribution in [1.82, 2.24) is 4.90 Å². The Bertz CT molecular complexity index is 772. The smallest absolute Gasteiger partial charge is 0.263 e. The van der Waals surface area contributed by atoms with Crippen LogP contribution in [0.3, 0.4) is 0 Å². The van der Waals surface area contributed by atoms with Gasteiger partial charge in [0.25, 0.3) is 5.91 Å². The summed E-state index contributed by atoms with van der Waals surface area (Å²) in [6.45, 7) is 4.97. The molecule has 0 radical (unpaired) electrons. The first-order valence-corrected chi connectivity index (χ1v) is 9.78. The summed E-state index contributed by atoms with van der Waals surface area (Å²) in [7, 11) is 0. The maximum Gasteiger partial charge on any atom is 0.263 e. The summed E-state index contributed by atoms with van der Waals surface area (Å²) in [6, 6.07) is 15.2. The van der Waals surface area contributed by atoms with E-state index in [2.05, 4.69) is 0 Å². The third-order valence-electron chi connectivity index (χ3n) is 5.18. The van der Waals surface area contributed by atoms with Crippen LogP contribution >= 0.6 is 11.6 Å². The second-order valence-corrected chi connectivity index (χ2v) is 7.62. The standard InChI is InChI=1S/C22H26ClNO3/c1-15-8-9-19(23)20(14-15)27-16(2)22(26)24-12-10-18(11-13-24)21(25)17-6-4-3-5-7-17/h3-9,14,16,18,21,25H,10-13H2,1-2H3. The molecule has 144 valence electrons. The molecule has 27 heavy (non-hydrogen) atoms. The number of halogens is 1. The zero-order valence-electron chi connectivity index (χ0n) is 15.8. The molecule has 2 aromatic carbocycles. The van der Waals surface area contributed by atoms with Gasteiger partial charge in [-0.25, -0.2) is 0 Å². The lowest BCUT2D eigenvalue weighted by molar-refractivity contribution is -0.140. The minimum Gasteiger partial charge on any atom is -0.479 e. The van der Waals surface area contributed by atoms with Crippen LogP contribution in [0.1, 0.15) is 37.0 Å². The van der Waals surface area contributed by atoms with Gasteiger partial charge in [0.2, 0.25) is 0 Å². The van der Waals surface area contributed by atoms with Gasteiger partial charge in [-0.05, 0) is 55.9 Å². The number of carbonyl (C=O) groups is 1. The molecule has 1 amide bonds. The number of benzene rings is 2. The predicted octanol–water partition coefficient (Wildman–Crippen LogP) is 4.39. The highest BCUT2D eigenvalue weighted by Crippen LogP contribution is 2.31. The number of aliphatic hydroxyl groups is 1. The Balaban J connectivity index is 1.55. The van der Waals surface area contributed by atoms with Gasteiger partial charge in [0.05, 0.1) is 11.1 Å². The maximum atomic E-state index is 12.7. The van der Waals surface area contributed by atoms with Crippen molar-refractivity contribution >= 4 is 17.5 Å². The highest BCUT2D eigenvalue weighted by atomic mass is 35.5. The van der Waals surface area contributed by atoms with Crippen LogP contribution in [0.5, 0.6) is 5.75 Å². The Hall–Kier alpha value is -2.04. The van der Waals surface area contributed by atoms with Gasteiger partial charge in [-0.2, -0.15) is 0 Å². The van der Waals surface area contributed by atoms with Crippen molar-refractivity contribution in [2.45, 2.75) is 38.9 Å². The number of amides is 1. The molecule has 5 heteroatoms. The van der Waals surface area contributed by atoms with Crippen LogP contribution in [0, 0.1) is 12.8 Å². The molecule has 0 bridgehead atoms. The highest BCUT2D eigenvalue weighted by molar-refractivity contribution is 6.32. The van der Waals surface area contributed by atoms with Gasteiger partial charge in [0, 0.05) is 13.1 Å². The molecule has 2 atom stereocenters. The minimum atomic E-state index is -0.597. The summed E-state index contributed by atoms with van der Waals surface area (Å²) in [4.78, 5) is 14.6. The third kappa shape index (κ3) is 4.82. The van der Waals surface area contributed by atoms with Crippen LogP contribution in [-0.2, 0) is 4.79 Å². The van der Waals surface area contributed by atoms with E-state index in [0.717, 1.165) is 24.0 Å². The van der Waals surface area contributed by atoms with Crippen molar-refractivity contribution in [2.24, 2.45) is 5.92 Å². The number of hydrogen-bond acceptors (Lipinski definition) is 3. The average Bonchev–Trinajstić information content (AvgIpc) is 2.70. The van der Waals surface area contributed by atoms with Crippen molar-refractivity contribution in [2.75, 3.05) is 13.1 Å². The molecule has 0 aromatic heterocycles. The topological polar surface area (TPSA) is 49.8 Å². The van der Waals surface area contributed by atoms with E-state index >= 15 is 0 Å². The molecule has 2 aromatic rings. The fraction of sp³-hybridized carbons (Fsp3) is 0.409. The molecule has 0 spiro atoms. The number of aliphatic hydroxyl groups excluding tert-OH is 1. The number of carbonyl (C=O) groups excluding carboxylic acids is 1. The number of aryl methyl sites for hydroxylation is 1. The van der Waals surface area contributed by atoms with E-state index in [9.17, 15) is 9.90 Å². The number of ether oxygens (including phenoxy) is 1. The second-order valence-electron chi connectivity index (χ2n) is 7.21. The summed E-state index contributed by atoms with van der Waals surface area (Å²) >= 11 is 6.17. The Morgan fingerprint density at radius 2 is 1.85 bits per heavy atom. The molecule has 0 aliphatic carbocycles. The van der Waals surface area contributed by atoms with Crippen molar-refractivity contribution in [3.8, 4) is 5.75 Å². The van der Waals surface area contributed by atoms with Crippen molar-refractivity contribution in [1.29, 1.82) is 0 Å². The SMILES string of the molecule is Cc1ccc(Cl)c(OC(C)C(=O)N2CCC(C(O)c3ccccc3)CC2)c1. The molecule has 0 saturated carbocycles. The van der Waals surface area contributed by atoms with E-state index in [1.54, 1.807) is 13.0 Å². The summed E-state index contributed by atoms with van der Waals surface area (Å²) in [5, 5.41) is 11.1. The van der Waals surface area contributed by atoms with E-state index in [-0.39, 0.29) is 11.8 Å². The lowest BCUT2D eigenvalue weighted by Crippen LogP contribution is -2.45. The zero-order valence-corrected chi connectivity index (χ0v) is 16.5. The number of rotatable bonds is 5. The molecule has 3 rings (SSSR count). The summed E-state index contributed by atoms with van der Waals surface area (Å²) in [6.07, 6.45) is 0.475. The Morgan fingerprint density at radius 1 is 1.19 bits per heavy atom. The maximum absolute atomic E-state index is 12.7. The summed E-state index contributed by atoms with van der Waals surface area (Å²) in [5.74, 6) is 0.658. The number of likely N-dealkylation sites (tertiary alicyclic amines) is 1. The van der Waals surface area contributed by atoms with E-state index in [1.807, 2.05) is 54.3 Å². The predicted molar refractivity (Wildman–Crippen MR) is 107 cm³/mol. The zero-order chi connectivity index (χ0) is 19.4. The second kappa shape index (κ2) is 8.77. The molecule has 1 fully saturated rings. The minimum absolute atomic E-state index is 0.0415. The molecule has 1 aliphatic heterocycles. The highest BCUT2D eigenvalue weighted by Gasteiger charge is 2.30. The largest absolute Gasteiger partial charge is 0.479 e. The average molecular weight is 388 g/mol. The quantitative estimate of drug-likeness (QED) is 0.827. The van der Waals surface area contributed by atoms with Crippen LogP contribution in [0.2, 0.25) is 5.02 Å². The monoisotopic (exact) mass is 387 g/mol. The molecule has 1 saturated heterocycles. The van der Waals surface area contributed by atoms with Gasteiger partial charge >= 0.3 is 0 Å². The van der Waals surface area contributed by atoms with Crippen molar-refractivity contribution < 1.29 is 14.6 Å². The van der Waals surface area contributed by atoms with Gasteiger partial charge in [0.15, 0.2) is 6.10 Å². The van der Waals surface area contributed by atoms with Crippen LogP contribution in [-0.4, -0.2) is 35.1 Å². The van der Waals surface area contributed by atoms with Crippen LogP contribution in [0.25, 0.3) is 0 Å². The Morgan fingerprint density at radius 3 is 2.52 bits per heavy atom. The summed E-state index contributed by atoms with van der Waals surface area (Å²) < 4.78 is 5.81. The molecule has 4 nitrogen and oxygen atoms in total. The Labute approximate surface area is 165 Å². The molecular weight excluding hydrogens is 362 g/mol. The van der Waals surface area contributed by atoms with Gasteiger partial charge in [-0.15, -0.1) is 0 Å². The Kier molecular flexibility index (Phi) is 6.40.